The van der Waals surface area contributed by atoms with Crippen molar-refractivity contribution in [3.63, 3.8) is 0 Å². The zero-order chi connectivity index (χ0) is 11.4. The maximum Gasteiger partial charge on any atom is 0.216 e. The van der Waals surface area contributed by atoms with E-state index in [-0.39, 0.29) is 5.91 Å². The predicted octanol–water partition coefficient (Wildman–Crippen LogP) is 1.74. The minimum atomic E-state index is 0.0470. The first kappa shape index (κ1) is 11.0. The first-order chi connectivity index (χ1) is 7.75. The summed E-state index contributed by atoms with van der Waals surface area (Å²) in [6, 6.07) is 9.62. The molecule has 3 heteroatoms. The Balaban J connectivity index is 1.86. The highest BCUT2D eigenvalue weighted by atomic mass is 16.1. The second kappa shape index (κ2) is 5.01. The van der Waals surface area contributed by atoms with Gasteiger partial charge in [-0.15, -0.1) is 0 Å². The minimum Gasteiger partial charge on any atom is -0.382 e. The van der Waals surface area contributed by atoms with E-state index in [0.29, 0.717) is 6.04 Å². The van der Waals surface area contributed by atoms with Crippen molar-refractivity contribution in [1.82, 2.24) is 5.32 Å². The molecule has 0 aliphatic carbocycles. The summed E-state index contributed by atoms with van der Waals surface area (Å²) < 4.78 is 0. The second-order valence-electron chi connectivity index (χ2n) is 4.23. The van der Waals surface area contributed by atoms with E-state index in [1.807, 2.05) is 12.1 Å². The summed E-state index contributed by atoms with van der Waals surface area (Å²) in [6.45, 7) is 2.31. The van der Waals surface area contributed by atoms with E-state index in [2.05, 4.69) is 22.8 Å². The number of carbonyl (C=O) groups is 1. The zero-order valence-electron chi connectivity index (χ0n) is 9.55. The summed E-state index contributed by atoms with van der Waals surface area (Å²) in [5.41, 5.74) is 2.57. The highest BCUT2D eigenvalue weighted by molar-refractivity contribution is 5.72. The van der Waals surface area contributed by atoms with Crippen molar-refractivity contribution < 1.29 is 4.79 Å². The zero-order valence-corrected chi connectivity index (χ0v) is 9.55. The largest absolute Gasteiger partial charge is 0.382 e. The molecule has 1 aromatic carbocycles. The molecule has 1 radical (unpaired) electrons. The van der Waals surface area contributed by atoms with Crippen LogP contribution in [0.25, 0.3) is 0 Å². The molecule has 0 saturated carbocycles. The molecule has 0 aromatic heterocycles. The Hall–Kier alpha value is -1.51. The van der Waals surface area contributed by atoms with Gasteiger partial charge in [0.2, 0.25) is 5.91 Å². The summed E-state index contributed by atoms with van der Waals surface area (Å²) in [4.78, 5) is 10.7. The molecule has 0 saturated heterocycles. The lowest BCUT2D eigenvalue weighted by atomic mass is 9.96. The van der Waals surface area contributed by atoms with Gasteiger partial charge in [0.15, 0.2) is 0 Å². The van der Waals surface area contributed by atoms with E-state index in [1.54, 1.807) is 6.92 Å². The molecule has 1 aliphatic rings. The van der Waals surface area contributed by atoms with Gasteiger partial charge in [0.1, 0.15) is 0 Å². The number of benzene rings is 1. The quantitative estimate of drug-likeness (QED) is 0.809. The third-order valence-corrected chi connectivity index (χ3v) is 2.94. The average molecular weight is 217 g/mol. The fourth-order valence-corrected chi connectivity index (χ4v) is 2.07. The number of amides is 1. The lowest BCUT2D eigenvalue weighted by Gasteiger charge is -2.26. The predicted molar refractivity (Wildman–Crippen MR) is 64.3 cm³/mol. The minimum absolute atomic E-state index is 0.0470. The van der Waals surface area contributed by atoms with Crippen molar-refractivity contribution in [3.8, 4) is 0 Å². The number of carbonyl (C=O) groups excluding carboxylic acids is 1. The first-order valence-electron chi connectivity index (χ1n) is 5.75. The molecule has 16 heavy (non-hydrogen) atoms. The van der Waals surface area contributed by atoms with E-state index in [1.165, 1.54) is 11.3 Å². The molecule has 1 unspecified atom stereocenters. The highest BCUT2D eigenvalue weighted by Gasteiger charge is 2.16. The van der Waals surface area contributed by atoms with Gasteiger partial charge >= 0.3 is 0 Å². The van der Waals surface area contributed by atoms with Crippen LogP contribution in [-0.4, -0.2) is 18.5 Å². The van der Waals surface area contributed by atoms with Crippen LogP contribution in [0.2, 0.25) is 0 Å². The Kier molecular flexibility index (Phi) is 3.44. The smallest absolute Gasteiger partial charge is 0.216 e. The molecule has 0 spiro atoms. The van der Waals surface area contributed by atoms with Gasteiger partial charge in [-0.25, -0.2) is 0 Å². The van der Waals surface area contributed by atoms with Gasteiger partial charge in [0.25, 0.3) is 0 Å². The summed E-state index contributed by atoms with van der Waals surface area (Å²) in [6.07, 6.45) is 3.21. The van der Waals surface area contributed by atoms with E-state index in [0.717, 1.165) is 25.8 Å². The molecular formula is C13H17N2O. The Morgan fingerprint density at radius 1 is 1.69 bits per heavy atom. The van der Waals surface area contributed by atoms with Crippen molar-refractivity contribution in [3.05, 3.63) is 29.8 Å². The molecule has 1 aromatic rings. The van der Waals surface area contributed by atoms with Gasteiger partial charge in [0.05, 0.1) is 0 Å². The van der Waals surface area contributed by atoms with Gasteiger partial charge in [-0.05, 0) is 43.0 Å². The SMILES string of the molecule is CC(=O)NCCC1CCc2c[c]ccc2N1. The monoisotopic (exact) mass is 217 g/mol. The van der Waals surface area contributed by atoms with Crippen LogP contribution >= 0.6 is 0 Å². The van der Waals surface area contributed by atoms with Crippen LogP contribution in [0.3, 0.4) is 0 Å². The molecule has 1 amide bonds. The third-order valence-electron chi connectivity index (χ3n) is 2.94. The Morgan fingerprint density at radius 3 is 3.38 bits per heavy atom. The van der Waals surface area contributed by atoms with Gasteiger partial charge in [0, 0.05) is 25.2 Å². The van der Waals surface area contributed by atoms with E-state index < -0.39 is 0 Å². The molecule has 2 rings (SSSR count). The molecule has 85 valence electrons. The van der Waals surface area contributed by atoms with Gasteiger partial charge in [-0.1, -0.05) is 6.07 Å². The van der Waals surface area contributed by atoms with Gasteiger partial charge in [-0.2, -0.15) is 0 Å². The lowest BCUT2D eigenvalue weighted by molar-refractivity contribution is -0.118. The number of anilines is 1. The maximum absolute atomic E-state index is 10.7. The molecule has 2 N–H and O–H groups in total. The number of rotatable bonds is 3. The highest BCUT2D eigenvalue weighted by Crippen LogP contribution is 2.24. The second-order valence-corrected chi connectivity index (χ2v) is 4.23. The first-order valence-corrected chi connectivity index (χ1v) is 5.75. The molecule has 1 heterocycles. The van der Waals surface area contributed by atoms with Crippen LogP contribution < -0.4 is 10.6 Å². The number of aryl methyl sites for hydroxylation is 1. The molecule has 0 fully saturated rings. The standard InChI is InChI=1S/C13H17N2O/c1-10(16)14-9-8-12-7-6-11-4-2-3-5-13(11)15-12/h3-5,12,15H,6-9H2,1H3,(H,14,16). The van der Waals surface area contributed by atoms with Crippen molar-refractivity contribution in [2.24, 2.45) is 0 Å². The van der Waals surface area contributed by atoms with Crippen LogP contribution in [-0.2, 0) is 11.2 Å². The van der Waals surface area contributed by atoms with E-state index >= 15 is 0 Å². The van der Waals surface area contributed by atoms with Crippen molar-refractivity contribution >= 4 is 11.6 Å². The number of hydrogen-bond donors (Lipinski definition) is 2. The number of hydrogen-bond acceptors (Lipinski definition) is 2. The number of nitrogens with one attached hydrogen (secondary N) is 2. The van der Waals surface area contributed by atoms with E-state index in [4.69, 9.17) is 0 Å². The average Bonchev–Trinajstić information content (AvgIpc) is 2.28. The fourth-order valence-electron chi connectivity index (χ4n) is 2.07. The summed E-state index contributed by atoms with van der Waals surface area (Å²) in [7, 11) is 0. The summed E-state index contributed by atoms with van der Waals surface area (Å²) in [5, 5.41) is 6.33. The van der Waals surface area contributed by atoms with Crippen LogP contribution in [0.1, 0.15) is 25.3 Å². The van der Waals surface area contributed by atoms with Crippen molar-refractivity contribution in [2.45, 2.75) is 32.2 Å². The van der Waals surface area contributed by atoms with Crippen LogP contribution in [0.4, 0.5) is 5.69 Å². The molecular weight excluding hydrogens is 200 g/mol. The fraction of sp³-hybridized carbons (Fsp3) is 0.462. The summed E-state index contributed by atoms with van der Waals surface area (Å²) >= 11 is 0. The Bertz CT molecular complexity index is 376. The molecule has 0 bridgehead atoms. The Labute approximate surface area is 96.2 Å². The molecule has 1 aliphatic heterocycles. The Morgan fingerprint density at radius 2 is 2.56 bits per heavy atom. The van der Waals surface area contributed by atoms with Crippen LogP contribution in [0, 0.1) is 6.07 Å². The third kappa shape index (κ3) is 2.75. The van der Waals surface area contributed by atoms with Crippen LogP contribution in [0.5, 0.6) is 0 Å². The molecule has 1 atom stereocenters. The maximum atomic E-state index is 10.7. The van der Waals surface area contributed by atoms with Crippen LogP contribution in [0.15, 0.2) is 18.2 Å². The topological polar surface area (TPSA) is 41.1 Å². The lowest BCUT2D eigenvalue weighted by Crippen LogP contribution is -2.31. The molecule has 3 nitrogen and oxygen atoms in total. The van der Waals surface area contributed by atoms with Crippen molar-refractivity contribution in [1.29, 1.82) is 0 Å². The van der Waals surface area contributed by atoms with E-state index in [9.17, 15) is 4.79 Å². The normalized spacial score (nSPS) is 18.4. The summed E-state index contributed by atoms with van der Waals surface area (Å²) in [5.74, 6) is 0.0470. The van der Waals surface area contributed by atoms with Gasteiger partial charge < -0.3 is 10.6 Å². The van der Waals surface area contributed by atoms with Crippen molar-refractivity contribution in [2.75, 3.05) is 11.9 Å². The van der Waals surface area contributed by atoms with Gasteiger partial charge in [-0.3, -0.25) is 4.79 Å². The number of fused-ring (bicyclic) bond motifs is 1.